The van der Waals surface area contributed by atoms with E-state index in [0.717, 1.165) is 23.3 Å². The summed E-state index contributed by atoms with van der Waals surface area (Å²) in [5, 5.41) is 0. The fourth-order valence-electron chi connectivity index (χ4n) is 2.71. The van der Waals surface area contributed by atoms with Gasteiger partial charge in [0.05, 0.1) is 4.83 Å². The van der Waals surface area contributed by atoms with E-state index in [1.807, 2.05) is 32.0 Å². The standard InChI is InChI=1S/C17H15BrF2O/c1-17(2)9-11-8-10(6-7-14(11)21-17)16(18)15-12(19)4-3-5-13(15)20/h3-8,16H,9H2,1-2H3. The minimum atomic E-state index is -0.547. The second-order valence-corrected chi connectivity index (χ2v) is 6.82. The fraction of sp³-hybridized carbons (Fsp3) is 0.294. The van der Waals surface area contributed by atoms with E-state index in [-0.39, 0.29) is 11.2 Å². The van der Waals surface area contributed by atoms with Crippen LogP contribution in [0.5, 0.6) is 5.75 Å². The van der Waals surface area contributed by atoms with Gasteiger partial charge in [0.2, 0.25) is 0 Å². The van der Waals surface area contributed by atoms with Crippen molar-refractivity contribution in [2.24, 2.45) is 0 Å². The number of benzene rings is 2. The minimum Gasteiger partial charge on any atom is -0.487 e. The van der Waals surface area contributed by atoms with Crippen LogP contribution in [0.3, 0.4) is 0 Å². The van der Waals surface area contributed by atoms with E-state index < -0.39 is 16.5 Å². The second-order valence-electron chi connectivity index (χ2n) is 5.90. The summed E-state index contributed by atoms with van der Waals surface area (Å²) in [6.45, 7) is 4.05. The minimum absolute atomic E-state index is 0.0376. The summed E-state index contributed by atoms with van der Waals surface area (Å²) < 4.78 is 33.6. The third kappa shape index (κ3) is 2.69. The predicted molar refractivity (Wildman–Crippen MR) is 82.0 cm³/mol. The molecule has 0 saturated carbocycles. The highest BCUT2D eigenvalue weighted by atomic mass is 79.9. The highest BCUT2D eigenvalue weighted by molar-refractivity contribution is 9.09. The molecule has 110 valence electrons. The van der Waals surface area contributed by atoms with Crippen LogP contribution in [0.1, 0.15) is 35.4 Å². The van der Waals surface area contributed by atoms with Gasteiger partial charge in [0, 0.05) is 12.0 Å². The lowest BCUT2D eigenvalue weighted by molar-refractivity contribution is 0.138. The van der Waals surface area contributed by atoms with Crippen molar-refractivity contribution in [2.45, 2.75) is 30.7 Å². The molecule has 0 aliphatic carbocycles. The average molecular weight is 353 g/mol. The van der Waals surface area contributed by atoms with Crippen LogP contribution in [0.15, 0.2) is 36.4 Å². The van der Waals surface area contributed by atoms with E-state index in [1.54, 1.807) is 0 Å². The molecule has 0 N–H and O–H groups in total. The molecule has 2 aromatic rings. The number of halogens is 3. The lowest BCUT2D eigenvalue weighted by Gasteiger charge is -2.16. The van der Waals surface area contributed by atoms with Gasteiger partial charge in [-0.25, -0.2) is 8.78 Å². The molecule has 2 aromatic carbocycles. The first-order valence-electron chi connectivity index (χ1n) is 6.77. The third-order valence-corrected chi connectivity index (χ3v) is 4.62. The first-order valence-corrected chi connectivity index (χ1v) is 7.69. The molecule has 0 fully saturated rings. The van der Waals surface area contributed by atoms with Gasteiger partial charge in [-0.15, -0.1) is 0 Å². The molecule has 0 amide bonds. The Bertz CT molecular complexity index is 677. The number of fused-ring (bicyclic) bond motifs is 1. The summed E-state index contributed by atoms with van der Waals surface area (Å²) in [4.78, 5) is -0.521. The zero-order chi connectivity index (χ0) is 15.2. The van der Waals surface area contributed by atoms with Crippen molar-refractivity contribution in [1.29, 1.82) is 0 Å². The molecular formula is C17H15BrF2O. The molecule has 1 atom stereocenters. The van der Waals surface area contributed by atoms with Crippen LogP contribution in [0, 0.1) is 11.6 Å². The van der Waals surface area contributed by atoms with Crippen LogP contribution in [-0.4, -0.2) is 5.60 Å². The lowest BCUT2D eigenvalue weighted by atomic mass is 9.97. The van der Waals surface area contributed by atoms with Crippen molar-refractivity contribution < 1.29 is 13.5 Å². The van der Waals surface area contributed by atoms with Gasteiger partial charge in [-0.1, -0.05) is 34.1 Å². The summed E-state index contributed by atoms with van der Waals surface area (Å²) in [5.41, 5.74) is 1.69. The van der Waals surface area contributed by atoms with E-state index in [9.17, 15) is 8.78 Å². The van der Waals surface area contributed by atoms with E-state index >= 15 is 0 Å². The molecule has 0 aromatic heterocycles. The number of rotatable bonds is 2. The highest BCUT2D eigenvalue weighted by Gasteiger charge is 2.31. The molecule has 1 aliphatic heterocycles. The smallest absolute Gasteiger partial charge is 0.130 e. The van der Waals surface area contributed by atoms with E-state index in [2.05, 4.69) is 15.9 Å². The Morgan fingerprint density at radius 3 is 2.48 bits per heavy atom. The van der Waals surface area contributed by atoms with Crippen molar-refractivity contribution in [1.82, 2.24) is 0 Å². The molecule has 4 heteroatoms. The predicted octanol–water partition coefficient (Wildman–Crippen LogP) is 5.16. The van der Waals surface area contributed by atoms with Crippen molar-refractivity contribution in [3.63, 3.8) is 0 Å². The van der Waals surface area contributed by atoms with Crippen LogP contribution in [0.4, 0.5) is 8.78 Å². The van der Waals surface area contributed by atoms with E-state index in [4.69, 9.17) is 4.74 Å². The number of alkyl halides is 1. The van der Waals surface area contributed by atoms with E-state index in [0.29, 0.717) is 0 Å². The average Bonchev–Trinajstić information content (AvgIpc) is 2.70. The fourth-order valence-corrected chi connectivity index (χ4v) is 3.43. The Morgan fingerprint density at radius 1 is 1.14 bits per heavy atom. The van der Waals surface area contributed by atoms with E-state index in [1.165, 1.54) is 18.2 Å². The topological polar surface area (TPSA) is 9.23 Å². The van der Waals surface area contributed by atoms with Gasteiger partial charge < -0.3 is 4.74 Å². The molecule has 0 bridgehead atoms. The van der Waals surface area contributed by atoms with Crippen LogP contribution >= 0.6 is 15.9 Å². The Labute approximate surface area is 131 Å². The summed E-state index contributed by atoms with van der Waals surface area (Å²) in [6.07, 6.45) is 0.787. The molecule has 0 saturated heterocycles. The normalized spacial score (nSPS) is 17.2. The maximum Gasteiger partial charge on any atom is 0.130 e. The van der Waals surface area contributed by atoms with Crippen molar-refractivity contribution in [3.8, 4) is 5.75 Å². The maximum atomic E-state index is 13.9. The Balaban J connectivity index is 1.99. The summed E-state index contributed by atoms with van der Waals surface area (Å²) in [5.74, 6) is -0.250. The van der Waals surface area contributed by atoms with Crippen molar-refractivity contribution >= 4 is 15.9 Å². The second kappa shape index (κ2) is 5.09. The monoisotopic (exact) mass is 352 g/mol. The van der Waals surface area contributed by atoms with Crippen LogP contribution in [0.2, 0.25) is 0 Å². The number of hydrogen-bond donors (Lipinski definition) is 0. The quantitative estimate of drug-likeness (QED) is 0.678. The lowest BCUT2D eigenvalue weighted by Crippen LogP contribution is -2.24. The first-order chi connectivity index (χ1) is 9.87. The van der Waals surface area contributed by atoms with Gasteiger partial charge in [-0.2, -0.15) is 0 Å². The highest BCUT2D eigenvalue weighted by Crippen LogP contribution is 2.40. The largest absolute Gasteiger partial charge is 0.487 e. The molecule has 21 heavy (non-hydrogen) atoms. The zero-order valence-corrected chi connectivity index (χ0v) is 13.4. The van der Waals surface area contributed by atoms with Crippen LogP contribution < -0.4 is 4.74 Å². The summed E-state index contributed by atoms with van der Waals surface area (Å²) >= 11 is 3.41. The molecule has 3 rings (SSSR count). The van der Waals surface area contributed by atoms with Crippen molar-refractivity contribution in [2.75, 3.05) is 0 Å². The molecule has 1 unspecified atom stereocenters. The van der Waals surface area contributed by atoms with Crippen LogP contribution in [-0.2, 0) is 6.42 Å². The zero-order valence-electron chi connectivity index (χ0n) is 11.8. The van der Waals surface area contributed by atoms with Gasteiger partial charge in [0.1, 0.15) is 23.0 Å². The summed E-state index contributed by atoms with van der Waals surface area (Å²) in [7, 11) is 0. The van der Waals surface area contributed by atoms with Gasteiger partial charge in [-0.3, -0.25) is 0 Å². The van der Waals surface area contributed by atoms with Gasteiger partial charge in [0.25, 0.3) is 0 Å². The number of ether oxygens (including phenoxy) is 1. The maximum absolute atomic E-state index is 13.9. The molecule has 1 aliphatic rings. The molecular weight excluding hydrogens is 338 g/mol. The third-order valence-electron chi connectivity index (χ3n) is 3.63. The van der Waals surface area contributed by atoms with Crippen molar-refractivity contribution in [3.05, 3.63) is 64.7 Å². The first kappa shape index (κ1) is 14.5. The molecule has 1 nitrogen and oxygen atoms in total. The Kier molecular flexibility index (Phi) is 3.52. The number of hydrogen-bond acceptors (Lipinski definition) is 1. The van der Waals surface area contributed by atoms with Gasteiger partial charge >= 0.3 is 0 Å². The Hall–Kier alpha value is -1.42. The SMILES string of the molecule is CC1(C)Cc2cc(C(Br)c3c(F)cccc3F)ccc2O1. The van der Waals surface area contributed by atoms with Crippen LogP contribution in [0.25, 0.3) is 0 Å². The Morgan fingerprint density at radius 2 is 1.81 bits per heavy atom. The molecule has 0 spiro atoms. The molecule has 1 heterocycles. The molecule has 0 radical (unpaired) electrons. The van der Waals surface area contributed by atoms with Gasteiger partial charge in [-0.05, 0) is 43.2 Å². The van der Waals surface area contributed by atoms with Gasteiger partial charge in [0.15, 0.2) is 0 Å². The summed E-state index contributed by atoms with van der Waals surface area (Å²) in [6, 6.07) is 9.57.